The highest BCUT2D eigenvalue weighted by Gasteiger charge is 2.21. The third-order valence-electron chi connectivity index (χ3n) is 3.56. The molecule has 0 amide bonds. The Morgan fingerprint density at radius 3 is 2.76 bits per heavy atom. The van der Waals surface area contributed by atoms with Crippen LogP contribution in [0.4, 0.5) is 5.69 Å². The lowest BCUT2D eigenvalue weighted by molar-refractivity contribution is 0.340. The number of aryl methyl sites for hydroxylation is 1. The second kappa shape index (κ2) is 5.44. The molecule has 1 aliphatic rings. The summed E-state index contributed by atoms with van der Waals surface area (Å²) in [4.78, 5) is 0. The Labute approximate surface area is 104 Å². The van der Waals surface area contributed by atoms with E-state index in [-0.39, 0.29) is 0 Å². The van der Waals surface area contributed by atoms with Gasteiger partial charge in [0.1, 0.15) is 5.75 Å². The molecule has 17 heavy (non-hydrogen) atoms. The molecule has 1 aliphatic carbocycles. The number of ether oxygens (including phenoxy) is 1. The van der Waals surface area contributed by atoms with Gasteiger partial charge in [0.05, 0.1) is 6.61 Å². The van der Waals surface area contributed by atoms with Crippen molar-refractivity contribution in [1.82, 2.24) is 0 Å². The van der Waals surface area contributed by atoms with Crippen LogP contribution in [0.3, 0.4) is 0 Å². The van der Waals surface area contributed by atoms with E-state index >= 15 is 0 Å². The summed E-state index contributed by atoms with van der Waals surface area (Å²) in [5, 5.41) is 3.65. The minimum atomic E-state index is 0.654. The summed E-state index contributed by atoms with van der Waals surface area (Å²) in [6.07, 6.45) is 3.95. The number of rotatable bonds is 4. The van der Waals surface area contributed by atoms with Crippen LogP contribution in [0.2, 0.25) is 0 Å². The summed E-state index contributed by atoms with van der Waals surface area (Å²) < 4.78 is 5.50. The predicted molar refractivity (Wildman–Crippen MR) is 72.8 cm³/mol. The van der Waals surface area contributed by atoms with Gasteiger partial charge in [-0.05, 0) is 62.8 Å². The van der Waals surface area contributed by atoms with E-state index in [1.54, 1.807) is 0 Å². The topological polar surface area (TPSA) is 21.3 Å². The average molecular weight is 233 g/mol. The van der Waals surface area contributed by atoms with Crippen molar-refractivity contribution < 1.29 is 4.74 Å². The summed E-state index contributed by atoms with van der Waals surface area (Å²) >= 11 is 0. The van der Waals surface area contributed by atoms with Gasteiger partial charge in [-0.1, -0.05) is 6.92 Å². The van der Waals surface area contributed by atoms with Crippen LogP contribution in [-0.2, 0) is 0 Å². The second-order valence-corrected chi connectivity index (χ2v) is 5.17. The quantitative estimate of drug-likeness (QED) is 0.849. The Balaban J connectivity index is 2.01. The molecule has 1 N–H and O–H groups in total. The molecule has 0 bridgehead atoms. The van der Waals surface area contributed by atoms with Crippen molar-refractivity contribution in [3.8, 4) is 5.75 Å². The van der Waals surface area contributed by atoms with Crippen LogP contribution >= 0.6 is 0 Å². The number of hydrogen-bond acceptors (Lipinski definition) is 2. The van der Waals surface area contributed by atoms with Crippen LogP contribution in [0.1, 0.15) is 38.7 Å². The zero-order chi connectivity index (χ0) is 12.3. The van der Waals surface area contributed by atoms with E-state index in [1.165, 1.54) is 30.5 Å². The largest absolute Gasteiger partial charge is 0.494 e. The summed E-state index contributed by atoms with van der Waals surface area (Å²) in [6.45, 7) is 7.23. The molecule has 2 nitrogen and oxygen atoms in total. The van der Waals surface area contributed by atoms with Crippen LogP contribution in [-0.4, -0.2) is 12.6 Å². The fourth-order valence-corrected chi connectivity index (χ4v) is 2.61. The van der Waals surface area contributed by atoms with Gasteiger partial charge in [0.2, 0.25) is 0 Å². The Hall–Kier alpha value is -1.18. The highest BCUT2D eigenvalue weighted by Crippen LogP contribution is 2.29. The molecule has 0 spiro atoms. The molecular weight excluding hydrogens is 210 g/mol. The standard InChI is InChI=1S/C15H23NO/c1-4-17-14-7-8-15(12(3)10-14)16-13-6-5-11(2)9-13/h7-8,10-11,13,16H,4-6,9H2,1-3H3. The Morgan fingerprint density at radius 2 is 2.18 bits per heavy atom. The summed E-state index contributed by atoms with van der Waals surface area (Å²) in [5.41, 5.74) is 2.53. The van der Waals surface area contributed by atoms with Crippen LogP contribution in [0.5, 0.6) is 5.75 Å². The van der Waals surface area contributed by atoms with Crippen LogP contribution < -0.4 is 10.1 Å². The van der Waals surface area contributed by atoms with Crippen LogP contribution in [0, 0.1) is 12.8 Å². The SMILES string of the molecule is CCOc1ccc(NC2CCC(C)C2)c(C)c1. The lowest BCUT2D eigenvalue weighted by atomic mass is 10.1. The van der Waals surface area contributed by atoms with Gasteiger partial charge in [-0.25, -0.2) is 0 Å². The van der Waals surface area contributed by atoms with Crippen LogP contribution in [0.25, 0.3) is 0 Å². The smallest absolute Gasteiger partial charge is 0.119 e. The molecule has 1 fully saturated rings. The van der Waals surface area contributed by atoms with Gasteiger partial charge in [-0.15, -0.1) is 0 Å². The molecule has 2 heteroatoms. The summed E-state index contributed by atoms with van der Waals surface area (Å²) in [7, 11) is 0. The fraction of sp³-hybridized carbons (Fsp3) is 0.600. The molecule has 2 unspecified atom stereocenters. The third kappa shape index (κ3) is 3.15. The first kappa shape index (κ1) is 12.3. The molecular formula is C15H23NO. The van der Waals surface area contributed by atoms with E-state index in [0.717, 1.165) is 18.3 Å². The lowest BCUT2D eigenvalue weighted by Gasteiger charge is -2.17. The van der Waals surface area contributed by atoms with Crippen molar-refractivity contribution in [3.63, 3.8) is 0 Å². The minimum absolute atomic E-state index is 0.654. The van der Waals surface area contributed by atoms with Crippen molar-refractivity contribution in [2.45, 2.75) is 46.1 Å². The van der Waals surface area contributed by atoms with Gasteiger partial charge in [0, 0.05) is 11.7 Å². The first-order valence-corrected chi connectivity index (χ1v) is 6.69. The molecule has 94 valence electrons. The first-order valence-electron chi connectivity index (χ1n) is 6.69. The molecule has 1 aromatic rings. The van der Waals surface area contributed by atoms with Gasteiger partial charge in [-0.2, -0.15) is 0 Å². The summed E-state index contributed by atoms with van der Waals surface area (Å²) in [6, 6.07) is 6.96. The Morgan fingerprint density at radius 1 is 1.35 bits per heavy atom. The molecule has 2 atom stereocenters. The number of anilines is 1. The normalized spacial score (nSPS) is 23.7. The van der Waals surface area contributed by atoms with Gasteiger partial charge < -0.3 is 10.1 Å². The summed E-state index contributed by atoms with van der Waals surface area (Å²) in [5.74, 6) is 1.84. The van der Waals surface area contributed by atoms with E-state index in [9.17, 15) is 0 Å². The van der Waals surface area contributed by atoms with E-state index in [0.29, 0.717) is 6.04 Å². The Bertz CT molecular complexity index is 375. The molecule has 0 aromatic heterocycles. The van der Waals surface area contributed by atoms with Crippen molar-refractivity contribution in [2.24, 2.45) is 5.92 Å². The fourth-order valence-electron chi connectivity index (χ4n) is 2.61. The molecule has 1 aromatic carbocycles. The lowest BCUT2D eigenvalue weighted by Crippen LogP contribution is -2.15. The van der Waals surface area contributed by atoms with E-state index in [1.807, 2.05) is 6.92 Å². The highest BCUT2D eigenvalue weighted by atomic mass is 16.5. The highest BCUT2D eigenvalue weighted by molar-refractivity contribution is 5.54. The zero-order valence-corrected chi connectivity index (χ0v) is 11.1. The zero-order valence-electron chi connectivity index (χ0n) is 11.1. The first-order chi connectivity index (χ1) is 8.19. The number of benzene rings is 1. The van der Waals surface area contributed by atoms with Crippen molar-refractivity contribution in [1.29, 1.82) is 0 Å². The second-order valence-electron chi connectivity index (χ2n) is 5.17. The molecule has 2 rings (SSSR count). The predicted octanol–water partition coefficient (Wildman–Crippen LogP) is 3.99. The van der Waals surface area contributed by atoms with E-state index in [2.05, 4.69) is 37.4 Å². The minimum Gasteiger partial charge on any atom is -0.494 e. The molecule has 1 saturated carbocycles. The molecule has 0 radical (unpaired) electrons. The average Bonchev–Trinajstić information content (AvgIpc) is 2.69. The van der Waals surface area contributed by atoms with Gasteiger partial charge in [0.25, 0.3) is 0 Å². The van der Waals surface area contributed by atoms with Crippen molar-refractivity contribution in [3.05, 3.63) is 23.8 Å². The monoisotopic (exact) mass is 233 g/mol. The van der Waals surface area contributed by atoms with E-state index < -0.39 is 0 Å². The van der Waals surface area contributed by atoms with Crippen LogP contribution in [0.15, 0.2) is 18.2 Å². The maximum Gasteiger partial charge on any atom is 0.119 e. The molecule has 0 heterocycles. The molecule has 0 aliphatic heterocycles. The number of hydrogen-bond donors (Lipinski definition) is 1. The van der Waals surface area contributed by atoms with Gasteiger partial charge in [0.15, 0.2) is 0 Å². The van der Waals surface area contributed by atoms with Gasteiger partial charge >= 0.3 is 0 Å². The number of nitrogens with one attached hydrogen (secondary N) is 1. The Kier molecular flexibility index (Phi) is 3.93. The third-order valence-corrected chi connectivity index (χ3v) is 3.56. The van der Waals surface area contributed by atoms with Crippen molar-refractivity contribution in [2.75, 3.05) is 11.9 Å². The molecule has 0 saturated heterocycles. The van der Waals surface area contributed by atoms with E-state index in [4.69, 9.17) is 4.74 Å². The van der Waals surface area contributed by atoms with Crippen molar-refractivity contribution >= 4 is 5.69 Å². The van der Waals surface area contributed by atoms with Gasteiger partial charge in [-0.3, -0.25) is 0 Å². The maximum atomic E-state index is 5.50. The maximum absolute atomic E-state index is 5.50.